The highest BCUT2D eigenvalue weighted by Crippen LogP contribution is 2.25. The van der Waals surface area contributed by atoms with Gasteiger partial charge in [0, 0.05) is 25.7 Å². The van der Waals surface area contributed by atoms with Crippen LogP contribution in [-0.2, 0) is 6.54 Å². The first-order chi connectivity index (χ1) is 10.4. The van der Waals surface area contributed by atoms with E-state index < -0.39 is 0 Å². The minimum atomic E-state index is 0.683. The van der Waals surface area contributed by atoms with Gasteiger partial charge in [0.05, 0.1) is 17.6 Å². The number of nitrogens with one attached hydrogen (secondary N) is 1. The molecule has 1 N–H and O–H groups in total. The Hall–Kier alpha value is -1.72. The third-order valence-corrected chi connectivity index (χ3v) is 4.59. The molecule has 2 fully saturated rings. The molecule has 2 aliphatic heterocycles. The van der Waals surface area contributed by atoms with E-state index in [-0.39, 0.29) is 0 Å². The standard InChI is InChI=1S/C16H21N5/c1-2-6-15(7-3-1)21-18-9-14(19-21)11-20-10-13-5-4-8-17-16(13)12-20/h1-3,6-7,9,13,16-17H,4-5,8,10-12H2. The molecule has 5 nitrogen and oxygen atoms in total. The van der Waals surface area contributed by atoms with E-state index in [0.717, 1.165) is 30.4 Å². The van der Waals surface area contributed by atoms with Crippen LogP contribution in [0.5, 0.6) is 0 Å². The van der Waals surface area contributed by atoms with Crippen molar-refractivity contribution in [3.8, 4) is 5.69 Å². The number of rotatable bonds is 3. The molecule has 2 aliphatic rings. The fourth-order valence-electron chi connectivity index (χ4n) is 3.55. The molecule has 2 aromatic rings. The van der Waals surface area contributed by atoms with E-state index in [1.807, 2.05) is 36.5 Å². The predicted molar refractivity (Wildman–Crippen MR) is 81.2 cm³/mol. The predicted octanol–water partition coefficient (Wildman–Crippen LogP) is 1.45. The third kappa shape index (κ3) is 2.71. The van der Waals surface area contributed by atoms with Crippen molar-refractivity contribution >= 4 is 0 Å². The molecule has 4 rings (SSSR count). The summed E-state index contributed by atoms with van der Waals surface area (Å²) in [5.74, 6) is 0.822. The van der Waals surface area contributed by atoms with E-state index in [4.69, 9.17) is 0 Å². The molecule has 1 aromatic carbocycles. The summed E-state index contributed by atoms with van der Waals surface area (Å²) in [6.45, 7) is 4.42. The third-order valence-electron chi connectivity index (χ3n) is 4.59. The van der Waals surface area contributed by atoms with Crippen molar-refractivity contribution in [1.82, 2.24) is 25.2 Å². The van der Waals surface area contributed by atoms with Gasteiger partial charge in [-0.25, -0.2) is 0 Å². The average Bonchev–Trinajstić information content (AvgIpc) is 3.14. The van der Waals surface area contributed by atoms with Gasteiger partial charge in [0.2, 0.25) is 0 Å². The van der Waals surface area contributed by atoms with Crippen molar-refractivity contribution in [3.63, 3.8) is 0 Å². The summed E-state index contributed by atoms with van der Waals surface area (Å²) in [7, 11) is 0. The van der Waals surface area contributed by atoms with E-state index in [9.17, 15) is 0 Å². The number of likely N-dealkylation sites (tertiary alicyclic amines) is 1. The highest BCUT2D eigenvalue weighted by Gasteiger charge is 2.34. The van der Waals surface area contributed by atoms with Crippen molar-refractivity contribution in [1.29, 1.82) is 0 Å². The zero-order valence-electron chi connectivity index (χ0n) is 12.2. The van der Waals surface area contributed by atoms with E-state index in [1.54, 1.807) is 4.80 Å². The fourth-order valence-corrected chi connectivity index (χ4v) is 3.55. The van der Waals surface area contributed by atoms with E-state index in [0.29, 0.717) is 6.04 Å². The van der Waals surface area contributed by atoms with E-state index in [1.165, 1.54) is 25.9 Å². The quantitative estimate of drug-likeness (QED) is 0.926. The second-order valence-electron chi connectivity index (χ2n) is 6.12. The molecule has 0 amide bonds. The Bertz CT molecular complexity index is 580. The molecule has 1 aromatic heterocycles. The smallest absolute Gasteiger partial charge is 0.0971 e. The molecular weight excluding hydrogens is 262 g/mol. The lowest BCUT2D eigenvalue weighted by atomic mass is 9.94. The number of fused-ring (bicyclic) bond motifs is 1. The summed E-state index contributed by atoms with van der Waals surface area (Å²) in [4.78, 5) is 4.23. The minimum Gasteiger partial charge on any atom is -0.312 e. The Morgan fingerprint density at radius 2 is 2.10 bits per heavy atom. The number of aromatic nitrogens is 3. The molecule has 0 aliphatic carbocycles. The summed E-state index contributed by atoms with van der Waals surface area (Å²) in [6, 6.07) is 10.8. The molecule has 2 unspecified atom stereocenters. The van der Waals surface area contributed by atoms with Crippen LogP contribution >= 0.6 is 0 Å². The number of piperidine rings is 1. The molecular formula is C16H21N5. The molecule has 3 heterocycles. The van der Waals surface area contributed by atoms with Gasteiger partial charge in [-0.1, -0.05) is 18.2 Å². The van der Waals surface area contributed by atoms with Crippen molar-refractivity contribution in [2.45, 2.75) is 25.4 Å². The van der Waals surface area contributed by atoms with Crippen molar-refractivity contribution in [2.75, 3.05) is 19.6 Å². The first kappa shape index (κ1) is 13.0. The van der Waals surface area contributed by atoms with Crippen LogP contribution in [-0.4, -0.2) is 45.6 Å². The molecule has 0 radical (unpaired) electrons. The SMILES string of the molecule is c1ccc(-n2ncc(CN3CC4CCCNC4C3)n2)cc1. The normalized spacial score (nSPS) is 25.9. The minimum absolute atomic E-state index is 0.683. The second kappa shape index (κ2) is 5.58. The lowest BCUT2D eigenvalue weighted by molar-refractivity contribution is 0.308. The van der Waals surface area contributed by atoms with Crippen LogP contribution in [0.3, 0.4) is 0 Å². The van der Waals surface area contributed by atoms with Crippen LogP contribution in [0, 0.1) is 5.92 Å². The first-order valence-electron chi connectivity index (χ1n) is 7.81. The Morgan fingerprint density at radius 3 is 2.95 bits per heavy atom. The highest BCUT2D eigenvalue weighted by molar-refractivity contribution is 5.28. The maximum Gasteiger partial charge on any atom is 0.0971 e. The number of benzene rings is 1. The molecule has 0 spiro atoms. The second-order valence-corrected chi connectivity index (χ2v) is 6.12. The molecule has 2 saturated heterocycles. The number of hydrogen-bond donors (Lipinski definition) is 1. The summed E-state index contributed by atoms with van der Waals surface area (Å²) in [6.07, 6.45) is 4.58. The highest BCUT2D eigenvalue weighted by atomic mass is 15.5. The van der Waals surface area contributed by atoms with E-state index >= 15 is 0 Å². The van der Waals surface area contributed by atoms with Crippen LogP contribution in [0.15, 0.2) is 36.5 Å². The van der Waals surface area contributed by atoms with Crippen molar-refractivity contribution in [3.05, 3.63) is 42.2 Å². The zero-order valence-corrected chi connectivity index (χ0v) is 12.2. The fraction of sp³-hybridized carbons (Fsp3) is 0.500. The van der Waals surface area contributed by atoms with Gasteiger partial charge >= 0.3 is 0 Å². The summed E-state index contributed by atoms with van der Waals surface area (Å²) < 4.78 is 0. The number of hydrogen-bond acceptors (Lipinski definition) is 4. The lowest BCUT2D eigenvalue weighted by Crippen LogP contribution is -2.40. The first-order valence-corrected chi connectivity index (χ1v) is 7.81. The van der Waals surface area contributed by atoms with Gasteiger partial charge in [-0.05, 0) is 37.4 Å². The molecule has 5 heteroatoms. The average molecular weight is 283 g/mol. The molecule has 110 valence electrons. The monoisotopic (exact) mass is 283 g/mol. The maximum absolute atomic E-state index is 4.60. The Morgan fingerprint density at radius 1 is 1.19 bits per heavy atom. The summed E-state index contributed by atoms with van der Waals surface area (Å²) >= 11 is 0. The molecule has 0 bridgehead atoms. The summed E-state index contributed by atoms with van der Waals surface area (Å²) in [5.41, 5.74) is 2.07. The van der Waals surface area contributed by atoms with Gasteiger partial charge in [0.15, 0.2) is 0 Å². The van der Waals surface area contributed by atoms with Crippen LogP contribution < -0.4 is 5.32 Å². The Balaban J connectivity index is 1.43. The van der Waals surface area contributed by atoms with Crippen molar-refractivity contribution < 1.29 is 0 Å². The topological polar surface area (TPSA) is 46.0 Å². The van der Waals surface area contributed by atoms with Gasteiger partial charge in [0.25, 0.3) is 0 Å². The van der Waals surface area contributed by atoms with Gasteiger partial charge in [-0.2, -0.15) is 15.0 Å². The van der Waals surface area contributed by atoms with Gasteiger partial charge in [-0.3, -0.25) is 4.90 Å². The molecule has 0 saturated carbocycles. The Kier molecular flexibility index (Phi) is 3.45. The zero-order chi connectivity index (χ0) is 14.1. The lowest BCUT2D eigenvalue weighted by Gasteiger charge is -2.24. The van der Waals surface area contributed by atoms with Gasteiger partial charge in [-0.15, -0.1) is 0 Å². The Labute approximate surface area is 125 Å². The van der Waals surface area contributed by atoms with Crippen LogP contribution in [0.1, 0.15) is 18.5 Å². The van der Waals surface area contributed by atoms with Crippen LogP contribution in [0.2, 0.25) is 0 Å². The summed E-state index contributed by atoms with van der Waals surface area (Å²) in [5, 5.41) is 12.6. The maximum atomic E-state index is 4.60. The largest absolute Gasteiger partial charge is 0.312 e. The van der Waals surface area contributed by atoms with E-state index in [2.05, 4.69) is 20.4 Å². The number of para-hydroxylation sites is 1. The van der Waals surface area contributed by atoms with Crippen LogP contribution in [0.4, 0.5) is 0 Å². The van der Waals surface area contributed by atoms with Gasteiger partial charge < -0.3 is 5.32 Å². The van der Waals surface area contributed by atoms with Gasteiger partial charge in [0.1, 0.15) is 0 Å². The molecule has 21 heavy (non-hydrogen) atoms. The van der Waals surface area contributed by atoms with Crippen molar-refractivity contribution in [2.24, 2.45) is 5.92 Å². The molecule has 2 atom stereocenters. The van der Waals surface area contributed by atoms with Crippen LogP contribution in [0.25, 0.3) is 5.69 Å². The number of nitrogens with zero attached hydrogens (tertiary/aromatic N) is 4.